The van der Waals surface area contributed by atoms with Gasteiger partial charge in [-0.1, -0.05) is 30.3 Å². The van der Waals surface area contributed by atoms with Gasteiger partial charge in [-0.15, -0.1) is 0 Å². The number of carbonyl (C=O) groups excluding carboxylic acids is 1. The van der Waals surface area contributed by atoms with Gasteiger partial charge in [-0.25, -0.2) is 4.39 Å². The summed E-state index contributed by atoms with van der Waals surface area (Å²) in [7, 11) is 0. The topological polar surface area (TPSA) is 49.3 Å². The third-order valence-electron chi connectivity index (χ3n) is 2.72. The van der Waals surface area contributed by atoms with Gasteiger partial charge in [0.25, 0.3) is 0 Å². The van der Waals surface area contributed by atoms with E-state index in [4.69, 9.17) is 0 Å². The molecule has 98 valence electrons. The summed E-state index contributed by atoms with van der Waals surface area (Å²) >= 11 is 0. The number of carbonyl (C=O) groups is 1. The molecule has 0 atom stereocenters. The fourth-order valence-electron chi connectivity index (χ4n) is 1.75. The van der Waals surface area contributed by atoms with Crippen LogP contribution in [0.4, 0.5) is 4.39 Å². The van der Waals surface area contributed by atoms with E-state index in [1.54, 1.807) is 36.4 Å². The van der Waals surface area contributed by atoms with Crippen molar-refractivity contribution in [1.82, 2.24) is 5.32 Å². The minimum absolute atomic E-state index is 0.116. The molecule has 0 unspecified atom stereocenters. The number of phenolic OH excluding ortho intramolecular Hbond substituents is 1. The number of nitrogens with one attached hydrogen (secondary N) is 1. The average molecular weight is 259 g/mol. The number of hydrogen-bond acceptors (Lipinski definition) is 2. The van der Waals surface area contributed by atoms with Crippen molar-refractivity contribution in [3.05, 3.63) is 65.5 Å². The summed E-state index contributed by atoms with van der Waals surface area (Å²) in [5.74, 6) is -0.423. The first-order valence-corrected chi connectivity index (χ1v) is 5.93. The molecule has 4 heteroatoms. The maximum absolute atomic E-state index is 13.0. The van der Waals surface area contributed by atoms with Crippen molar-refractivity contribution < 1.29 is 14.3 Å². The van der Waals surface area contributed by atoms with Crippen molar-refractivity contribution >= 4 is 5.91 Å². The smallest absolute Gasteiger partial charge is 0.224 e. The van der Waals surface area contributed by atoms with E-state index >= 15 is 0 Å². The van der Waals surface area contributed by atoms with Crippen LogP contribution in [0.3, 0.4) is 0 Å². The Labute approximate surface area is 110 Å². The largest absolute Gasteiger partial charge is 0.508 e. The Morgan fingerprint density at radius 3 is 2.68 bits per heavy atom. The van der Waals surface area contributed by atoms with E-state index in [0.717, 1.165) is 0 Å². The van der Waals surface area contributed by atoms with Crippen LogP contribution in [0.15, 0.2) is 48.5 Å². The first kappa shape index (κ1) is 13.1. The molecule has 3 nitrogen and oxygen atoms in total. The van der Waals surface area contributed by atoms with Gasteiger partial charge in [0.1, 0.15) is 11.6 Å². The number of hydrogen-bond donors (Lipinski definition) is 2. The number of halogens is 1. The van der Waals surface area contributed by atoms with Gasteiger partial charge in [-0.3, -0.25) is 4.79 Å². The lowest BCUT2D eigenvalue weighted by molar-refractivity contribution is -0.120. The van der Waals surface area contributed by atoms with Crippen molar-refractivity contribution in [3.8, 4) is 5.75 Å². The second kappa shape index (κ2) is 6.00. The van der Waals surface area contributed by atoms with E-state index in [1.165, 1.54) is 12.1 Å². The van der Waals surface area contributed by atoms with Crippen LogP contribution in [-0.2, 0) is 17.8 Å². The summed E-state index contributed by atoms with van der Waals surface area (Å²) < 4.78 is 13.0. The molecule has 0 aliphatic carbocycles. The Morgan fingerprint density at radius 1 is 1.16 bits per heavy atom. The molecule has 0 bridgehead atoms. The highest BCUT2D eigenvalue weighted by molar-refractivity contribution is 5.78. The van der Waals surface area contributed by atoms with Crippen LogP contribution < -0.4 is 5.32 Å². The van der Waals surface area contributed by atoms with Crippen LogP contribution in [0.2, 0.25) is 0 Å². The van der Waals surface area contributed by atoms with Crippen LogP contribution in [0.1, 0.15) is 11.1 Å². The number of para-hydroxylation sites is 1. The second-order valence-electron chi connectivity index (χ2n) is 4.21. The predicted molar refractivity (Wildman–Crippen MR) is 70.1 cm³/mol. The summed E-state index contributed by atoms with van der Waals surface area (Å²) in [6.07, 6.45) is 0.116. The maximum Gasteiger partial charge on any atom is 0.224 e. The van der Waals surface area contributed by atoms with E-state index in [0.29, 0.717) is 11.1 Å². The monoisotopic (exact) mass is 259 g/mol. The lowest BCUT2D eigenvalue weighted by Gasteiger charge is -2.07. The van der Waals surface area contributed by atoms with E-state index in [1.807, 2.05) is 0 Å². The van der Waals surface area contributed by atoms with Crippen molar-refractivity contribution in [2.75, 3.05) is 0 Å². The van der Waals surface area contributed by atoms with Gasteiger partial charge in [-0.05, 0) is 23.8 Å². The number of rotatable bonds is 4. The highest BCUT2D eigenvalue weighted by atomic mass is 19.1. The van der Waals surface area contributed by atoms with Gasteiger partial charge in [0.05, 0.1) is 6.42 Å². The summed E-state index contributed by atoms with van der Waals surface area (Å²) in [5, 5.41) is 12.2. The molecule has 19 heavy (non-hydrogen) atoms. The fraction of sp³-hybridized carbons (Fsp3) is 0.133. The molecule has 2 N–H and O–H groups in total. The molecule has 0 spiro atoms. The van der Waals surface area contributed by atoms with Gasteiger partial charge in [0.15, 0.2) is 0 Å². The minimum atomic E-state index is -0.356. The zero-order valence-corrected chi connectivity index (χ0v) is 10.3. The van der Waals surface area contributed by atoms with E-state index < -0.39 is 0 Å². The third kappa shape index (κ3) is 3.81. The molecule has 1 amide bonds. The third-order valence-corrected chi connectivity index (χ3v) is 2.72. The zero-order valence-electron chi connectivity index (χ0n) is 10.3. The zero-order chi connectivity index (χ0) is 13.7. The highest BCUT2D eigenvalue weighted by Gasteiger charge is 2.05. The van der Waals surface area contributed by atoms with Crippen molar-refractivity contribution in [1.29, 1.82) is 0 Å². The maximum atomic E-state index is 13.0. The van der Waals surface area contributed by atoms with Gasteiger partial charge < -0.3 is 10.4 Å². The Balaban J connectivity index is 1.90. The van der Waals surface area contributed by atoms with Crippen LogP contribution in [-0.4, -0.2) is 11.0 Å². The molecule has 0 aromatic heterocycles. The van der Waals surface area contributed by atoms with Crippen LogP contribution in [0.5, 0.6) is 5.75 Å². The van der Waals surface area contributed by atoms with Crippen molar-refractivity contribution in [3.63, 3.8) is 0 Å². The highest BCUT2D eigenvalue weighted by Crippen LogP contribution is 2.14. The molecule has 0 heterocycles. The lowest BCUT2D eigenvalue weighted by Crippen LogP contribution is -2.24. The number of amides is 1. The van der Waals surface area contributed by atoms with Crippen LogP contribution in [0.25, 0.3) is 0 Å². The van der Waals surface area contributed by atoms with Crippen LogP contribution in [0, 0.1) is 5.82 Å². The number of benzene rings is 2. The lowest BCUT2D eigenvalue weighted by atomic mass is 10.1. The minimum Gasteiger partial charge on any atom is -0.508 e. The SMILES string of the molecule is O=C(Cc1cccc(F)c1)NCc1ccccc1O. The molecule has 0 radical (unpaired) electrons. The van der Waals surface area contributed by atoms with E-state index in [2.05, 4.69) is 5.32 Å². The van der Waals surface area contributed by atoms with Gasteiger partial charge in [0, 0.05) is 12.1 Å². The molecule has 2 rings (SSSR count). The Kier molecular flexibility index (Phi) is 4.13. The second-order valence-corrected chi connectivity index (χ2v) is 4.21. The van der Waals surface area contributed by atoms with Crippen molar-refractivity contribution in [2.24, 2.45) is 0 Å². The Bertz CT molecular complexity index is 584. The molecule has 0 saturated heterocycles. The number of aromatic hydroxyl groups is 1. The standard InChI is InChI=1S/C15H14FNO2/c16-13-6-3-4-11(8-13)9-15(19)17-10-12-5-1-2-7-14(12)18/h1-8,18H,9-10H2,(H,17,19). The summed E-state index contributed by atoms with van der Waals surface area (Å²) in [4.78, 5) is 11.7. The molecule has 0 aliphatic rings. The van der Waals surface area contributed by atoms with Gasteiger partial charge >= 0.3 is 0 Å². The van der Waals surface area contributed by atoms with Crippen LogP contribution >= 0.6 is 0 Å². The normalized spacial score (nSPS) is 10.2. The molecule has 0 aliphatic heterocycles. The Hall–Kier alpha value is -2.36. The van der Waals surface area contributed by atoms with E-state index in [9.17, 15) is 14.3 Å². The van der Waals surface area contributed by atoms with Gasteiger partial charge in [0.2, 0.25) is 5.91 Å². The fourth-order valence-corrected chi connectivity index (χ4v) is 1.75. The molecule has 2 aromatic carbocycles. The van der Waals surface area contributed by atoms with Crippen molar-refractivity contribution in [2.45, 2.75) is 13.0 Å². The Morgan fingerprint density at radius 2 is 1.95 bits per heavy atom. The predicted octanol–water partition coefficient (Wildman–Crippen LogP) is 2.39. The molecular formula is C15H14FNO2. The van der Waals surface area contributed by atoms with Gasteiger partial charge in [-0.2, -0.15) is 0 Å². The number of phenols is 1. The summed E-state index contributed by atoms with van der Waals surface area (Å²) in [6.45, 7) is 0.251. The average Bonchev–Trinajstić information content (AvgIpc) is 2.38. The summed E-state index contributed by atoms with van der Waals surface area (Å²) in [6, 6.07) is 12.7. The molecule has 2 aromatic rings. The first-order valence-electron chi connectivity index (χ1n) is 5.93. The summed E-state index contributed by atoms with van der Waals surface area (Å²) in [5.41, 5.74) is 1.27. The molecule has 0 saturated carbocycles. The molecular weight excluding hydrogens is 245 g/mol. The quantitative estimate of drug-likeness (QED) is 0.885. The van der Waals surface area contributed by atoms with E-state index in [-0.39, 0.29) is 30.4 Å². The molecule has 0 fully saturated rings. The first-order chi connectivity index (χ1) is 9.15.